The predicted molar refractivity (Wildman–Crippen MR) is 125 cm³/mol. The Hall–Kier alpha value is -3.12. The van der Waals surface area contributed by atoms with Gasteiger partial charge in [-0.15, -0.1) is 0 Å². The second-order valence-corrected chi connectivity index (χ2v) is 8.23. The normalized spacial score (nSPS) is 15.6. The van der Waals surface area contributed by atoms with Crippen LogP contribution in [0.4, 0.5) is 0 Å². The van der Waals surface area contributed by atoms with Crippen LogP contribution in [-0.2, 0) is 0 Å². The summed E-state index contributed by atoms with van der Waals surface area (Å²) in [5, 5.41) is 0.509. The molecule has 2 heterocycles. The Morgan fingerprint density at radius 2 is 1.88 bits per heavy atom. The van der Waals surface area contributed by atoms with Crippen molar-refractivity contribution in [3.8, 4) is 5.75 Å². The van der Waals surface area contributed by atoms with Gasteiger partial charge in [0.2, 0.25) is 5.76 Å². The quantitative estimate of drug-likeness (QED) is 0.526. The van der Waals surface area contributed by atoms with E-state index in [9.17, 15) is 9.59 Å². The number of rotatable bonds is 8. The first-order valence-corrected chi connectivity index (χ1v) is 11.2. The summed E-state index contributed by atoms with van der Waals surface area (Å²) in [6.07, 6.45) is 0.814. The summed E-state index contributed by atoms with van der Waals surface area (Å²) < 4.78 is 11.4. The van der Waals surface area contributed by atoms with Gasteiger partial charge in [-0.1, -0.05) is 37.6 Å². The lowest BCUT2D eigenvalue weighted by Crippen LogP contribution is -2.33. The molecule has 2 aromatic carbocycles. The van der Waals surface area contributed by atoms with Gasteiger partial charge < -0.3 is 19.0 Å². The molecule has 0 saturated carbocycles. The Bertz CT molecular complexity index is 1200. The first-order valence-electron chi connectivity index (χ1n) is 11.2. The summed E-state index contributed by atoms with van der Waals surface area (Å²) in [6, 6.07) is 12.6. The Kier molecular flexibility index (Phi) is 6.33. The summed E-state index contributed by atoms with van der Waals surface area (Å²) in [5.41, 5.74) is 2.55. The molecule has 0 saturated heterocycles. The number of hydrogen-bond acceptors (Lipinski definition) is 5. The van der Waals surface area contributed by atoms with Gasteiger partial charge in [0.15, 0.2) is 5.43 Å². The van der Waals surface area contributed by atoms with E-state index in [0.29, 0.717) is 28.8 Å². The van der Waals surface area contributed by atoms with E-state index in [4.69, 9.17) is 9.15 Å². The van der Waals surface area contributed by atoms with Gasteiger partial charge in [-0.25, -0.2) is 0 Å². The van der Waals surface area contributed by atoms with Gasteiger partial charge in [-0.2, -0.15) is 0 Å². The van der Waals surface area contributed by atoms with Crippen molar-refractivity contribution in [1.29, 1.82) is 0 Å². The van der Waals surface area contributed by atoms with Gasteiger partial charge >= 0.3 is 0 Å². The van der Waals surface area contributed by atoms with Crippen LogP contribution in [0, 0.1) is 6.92 Å². The molecule has 0 N–H and O–H groups in total. The van der Waals surface area contributed by atoms with Crippen molar-refractivity contribution < 1.29 is 13.9 Å². The maximum absolute atomic E-state index is 13.6. The maximum Gasteiger partial charge on any atom is 0.290 e. The van der Waals surface area contributed by atoms with Gasteiger partial charge in [0.1, 0.15) is 11.3 Å². The first kappa shape index (κ1) is 22.1. The van der Waals surface area contributed by atoms with Crippen molar-refractivity contribution in [3.05, 3.63) is 75.1 Å². The minimum atomic E-state index is -0.495. The fraction of sp³-hybridized carbons (Fsp3) is 0.385. The van der Waals surface area contributed by atoms with Crippen LogP contribution in [0.15, 0.2) is 51.7 Å². The van der Waals surface area contributed by atoms with Crippen molar-refractivity contribution in [1.82, 2.24) is 9.80 Å². The lowest BCUT2D eigenvalue weighted by molar-refractivity contribution is 0.0720. The van der Waals surface area contributed by atoms with Gasteiger partial charge in [-0.3, -0.25) is 9.59 Å². The average Bonchev–Trinajstić information content (AvgIpc) is 3.09. The number of carbonyl (C=O) groups excluding carboxylic acids is 1. The third-order valence-electron chi connectivity index (χ3n) is 6.30. The van der Waals surface area contributed by atoms with E-state index < -0.39 is 6.04 Å². The predicted octanol–water partition coefficient (Wildman–Crippen LogP) is 4.39. The molecule has 0 bridgehead atoms. The summed E-state index contributed by atoms with van der Waals surface area (Å²) in [6.45, 7) is 9.57. The molecule has 3 aromatic rings. The topological polar surface area (TPSA) is 63.0 Å². The van der Waals surface area contributed by atoms with Crippen LogP contribution < -0.4 is 10.2 Å². The Balaban J connectivity index is 1.82. The minimum absolute atomic E-state index is 0.141. The van der Waals surface area contributed by atoms with Crippen LogP contribution in [0.1, 0.15) is 53.6 Å². The van der Waals surface area contributed by atoms with Crippen molar-refractivity contribution in [2.45, 2.75) is 33.2 Å². The van der Waals surface area contributed by atoms with E-state index in [0.717, 1.165) is 37.2 Å². The van der Waals surface area contributed by atoms with Gasteiger partial charge in [-0.05, 0) is 62.8 Å². The number of methoxy groups -OCH3 is 1. The Labute approximate surface area is 188 Å². The van der Waals surface area contributed by atoms with E-state index in [-0.39, 0.29) is 17.1 Å². The van der Waals surface area contributed by atoms with Gasteiger partial charge in [0, 0.05) is 6.54 Å². The molecule has 0 unspecified atom stereocenters. The molecule has 32 heavy (non-hydrogen) atoms. The summed E-state index contributed by atoms with van der Waals surface area (Å²) in [4.78, 5) is 31.2. The van der Waals surface area contributed by atoms with Gasteiger partial charge in [0.05, 0.1) is 24.1 Å². The van der Waals surface area contributed by atoms with Crippen LogP contribution in [-0.4, -0.2) is 49.0 Å². The highest BCUT2D eigenvalue weighted by Gasteiger charge is 2.42. The SMILES string of the molecule is CCN(CC)CCCN1C(=O)c2oc3ccc(C)cc3c(=O)c2[C@H]1c1cccc(OC)c1. The largest absolute Gasteiger partial charge is 0.497 e. The second kappa shape index (κ2) is 9.17. The molecule has 6 heteroatoms. The van der Waals surface area contributed by atoms with Crippen molar-refractivity contribution >= 4 is 16.9 Å². The van der Waals surface area contributed by atoms with Crippen LogP contribution in [0.2, 0.25) is 0 Å². The highest BCUT2D eigenvalue weighted by Crippen LogP contribution is 2.39. The molecule has 0 spiro atoms. The number of fused-ring (bicyclic) bond motifs is 2. The third kappa shape index (κ3) is 3.91. The standard InChI is InChI=1S/C26H30N2O4/c1-5-27(6-2)13-8-14-28-23(18-9-7-10-19(16-18)31-4)22-24(29)20-15-17(3)11-12-21(20)32-25(22)26(28)30/h7,9-12,15-16,23H,5-6,8,13-14H2,1-4H3/t23-/m1/s1. The van der Waals surface area contributed by atoms with E-state index in [1.54, 1.807) is 18.1 Å². The third-order valence-corrected chi connectivity index (χ3v) is 6.30. The average molecular weight is 435 g/mol. The van der Waals surface area contributed by atoms with Crippen molar-refractivity contribution in [3.63, 3.8) is 0 Å². The van der Waals surface area contributed by atoms with E-state index in [1.807, 2.05) is 43.3 Å². The summed E-state index contributed by atoms with van der Waals surface area (Å²) in [7, 11) is 1.61. The number of ether oxygens (including phenoxy) is 1. The van der Waals surface area contributed by atoms with Crippen LogP contribution in [0.5, 0.6) is 5.75 Å². The molecule has 4 rings (SSSR count). The van der Waals surface area contributed by atoms with Crippen molar-refractivity contribution in [2.24, 2.45) is 0 Å². The number of carbonyl (C=O) groups is 1. The van der Waals surface area contributed by atoms with Crippen LogP contribution >= 0.6 is 0 Å². The molecule has 1 aliphatic rings. The maximum atomic E-state index is 13.6. The molecular weight excluding hydrogens is 404 g/mol. The molecule has 0 aliphatic carbocycles. The molecule has 1 aliphatic heterocycles. The zero-order valence-electron chi connectivity index (χ0n) is 19.2. The Morgan fingerprint density at radius 3 is 2.59 bits per heavy atom. The highest BCUT2D eigenvalue weighted by atomic mass is 16.5. The molecule has 1 amide bonds. The first-order chi connectivity index (χ1) is 15.5. The second-order valence-electron chi connectivity index (χ2n) is 8.23. The lowest BCUT2D eigenvalue weighted by Gasteiger charge is -2.27. The summed E-state index contributed by atoms with van der Waals surface area (Å²) >= 11 is 0. The molecule has 1 aromatic heterocycles. The lowest BCUT2D eigenvalue weighted by atomic mass is 9.98. The van der Waals surface area contributed by atoms with Gasteiger partial charge in [0.25, 0.3) is 5.91 Å². The van der Waals surface area contributed by atoms with Crippen molar-refractivity contribution in [2.75, 3.05) is 33.3 Å². The zero-order valence-corrected chi connectivity index (χ0v) is 19.2. The molecule has 6 nitrogen and oxygen atoms in total. The molecule has 0 fully saturated rings. The zero-order chi connectivity index (χ0) is 22.8. The van der Waals surface area contributed by atoms with E-state index >= 15 is 0 Å². The highest BCUT2D eigenvalue weighted by molar-refractivity contribution is 5.99. The molecule has 0 radical (unpaired) electrons. The van der Waals surface area contributed by atoms with Crippen LogP contribution in [0.3, 0.4) is 0 Å². The number of benzene rings is 2. The minimum Gasteiger partial charge on any atom is -0.497 e. The summed E-state index contributed by atoms with van der Waals surface area (Å²) in [5.74, 6) is 0.612. The number of hydrogen-bond donors (Lipinski definition) is 0. The van der Waals surface area contributed by atoms with Crippen LogP contribution in [0.25, 0.3) is 11.0 Å². The smallest absolute Gasteiger partial charge is 0.290 e. The molecular formula is C26H30N2O4. The fourth-order valence-electron chi connectivity index (χ4n) is 4.53. The monoisotopic (exact) mass is 434 g/mol. The molecule has 1 atom stereocenters. The Morgan fingerprint density at radius 1 is 1.09 bits per heavy atom. The molecule has 168 valence electrons. The van der Waals surface area contributed by atoms with E-state index in [1.165, 1.54) is 0 Å². The number of aryl methyl sites for hydroxylation is 1. The number of amides is 1. The fourth-order valence-corrected chi connectivity index (χ4v) is 4.53. The number of nitrogens with zero attached hydrogens (tertiary/aromatic N) is 2. The van der Waals surface area contributed by atoms with E-state index in [2.05, 4.69) is 18.7 Å².